The van der Waals surface area contributed by atoms with Gasteiger partial charge in [0.2, 0.25) is 5.90 Å². The topological polar surface area (TPSA) is 47.6 Å². The van der Waals surface area contributed by atoms with Gasteiger partial charge in [-0.3, -0.25) is 4.99 Å². The molecule has 56 valence electrons. The summed E-state index contributed by atoms with van der Waals surface area (Å²) in [6.07, 6.45) is 3.21. The Balaban J connectivity index is 4.30. The van der Waals surface area contributed by atoms with E-state index in [9.17, 15) is 0 Å². The van der Waals surface area contributed by atoms with Crippen LogP contribution < -0.4 is 5.73 Å². The third-order valence-electron chi connectivity index (χ3n) is 0.941. The number of nitrogens with zero attached hydrogens (tertiary/aromatic N) is 1. The summed E-state index contributed by atoms with van der Waals surface area (Å²) >= 11 is 0. The first-order chi connectivity index (χ1) is 4.76. The van der Waals surface area contributed by atoms with Gasteiger partial charge in [0.1, 0.15) is 0 Å². The molecule has 0 spiro atoms. The summed E-state index contributed by atoms with van der Waals surface area (Å²) < 4.78 is 4.82. The molecule has 0 radical (unpaired) electrons. The molecule has 0 aromatic heterocycles. The molecule has 0 aliphatic rings. The minimum absolute atomic E-state index is 0.430. The van der Waals surface area contributed by atoms with Gasteiger partial charge in [0.05, 0.1) is 12.8 Å². The van der Waals surface area contributed by atoms with Crippen molar-refractivity contribution in [2.24, 2.45) is 10.7 Å². The normalized spacial score (nSPS) is 13.0. The second-order valence-electron chi connectivity index (χ2n) is 1.59. The Bertz CT molecular complexity index is 170. The Morgan fingerprint density at radius 3 is 2.60 bits per heavy atom. The first kappa shape index (κ1) is 8.75. The lowest BCUT2D eigenvalue weighted by Crippen LogP contribution is -2.12. The van der Waals surface area contributed by atoms with Crippen molar-refractivity contribution in [1.29, 1.82) is 0 Å². The van der Waals surface area contributed by atoms with Crippen molar-refractivity contribution in [3.63, 3.8) is 0 Å². The van der Waals surface area contributed by atoms with Gasteiger partial charge in [-0.15, -0.1) is 0 Å². The SMILES string of the molecule is C=C/C=C(/N)C(=NC)OC. The molecule has 3 heteroatoms. The second kappa shape index (κ2) is 4.61. The highest BCUT2D eigenvalue weighted by molar-refractivity contribution is 5.92. The Morgan fingerprint density at radius 2 is 2.30 bits per heavy atom. The van der Waals surface area contributed by atoms with Crippen LogP contribution in [-0.4, -0.2) is 20.1 Å². The minimum Gasteiger partial charge on any atom is -0.480 e. The Hall–Kier alpha value is -1.25. The van der Waals surface area contributed by atoms with Crippen LogP contribution in [0, 0.1) is 0 Å². The van der Waals surface area contributed by atoms with Gasteiger partial charge in [-0.1, -0.05) is 12.7 Å². The molecule has 0 amide bonds. The maximum Gasteiger partial charge on any atom is 0.231 e. The van der Waals surface area contributed by atoms with Crippen LogP contribution in [-0.2, 0) is 4.74 Å². The van der Waals surface area contributed by atoms with E-state index in [4.69, 9.17) is 10.5 Å². The number of ether oxygens (including phenoxy) is 1. The number of hydrogen-bond donors (Lipinski definition) is 1. The average Bonchev–Trinajstić information content (AvgIpc) is 1.91. The number of aliphatic imine (C=N–C) groups is 1. The Labute approximate surface area is 60.9 Å². The van der Waals surface area contributed by atoms with E-state index in [0.29, 0.717) is 11.6 Å². The number of allylic oxidation sites excluding steroid dienone is 2. The molecule has 0 aromatic carbocycles. The fraction of sp³-hybridized carbons (Fsp3) is 0.286. The largest absolute Gasteiger partial charge is 0.480 e. The highest BCUT2D eigenvalue weighted by Gasteiger charge is 1.97. The lowest BCUT2D eigenvalue weighted by Gasteiger charge is -2.01. The van der Waals surface area contributed by atoms with E-state index >= 15 is 0 Å². The van der Waals surface area contributed by atoms with Gasteiger partial charge in [-0.2, -0.15) is 0 Å². The number of hydrogen-bond acceptors (Lipinski definition) is 3. The minimum atomic E-state index is 0.430. The number of nitrogens with two attached hydrogens (primary N) is 1. The molecule has 0 bridgehead atoms. The van der Waals surface area contributed by atoms with Gasteiger partial charge >= 0.3 is 0 Å². The summed E-state index contributed by atoms with van der Waals surface area (Å²) in [7, 11) is 3.13. The molecule has 0 atom stereocenters. The van der Waals surface area contributed by atoms with Crippen molar-refractivity contribution in [3.8, 4) is 0 Å². The van der Waals surface area contributed by atoms with Crippen LogP contribution in [0.3, 0.4) is 0 Å². The highest BCUT2D eigenvalue weighted by Crippen LogP contribution is 1.90. The third-order valence-corrected chi connectivity index (χ3v) is 0.941. The first-order valence-electron chi connectivity index (χ1n) is 2.85. The van der Waals surface area contributed by atoms with Crippen LogP contribution in [0.25, 0.3) is 0 Å². The van der Waals surface area contributed by atoms with Crippen LogP contribution in [0.15, 0.2) is 29.4 Å². The van der Waals surface area contributed by atoms with Gasteiger partial charge in [0, 0.05) is 7.05 Å². The van der Waals surface area contributed by atoms with E-state index in [1.807, 2.05) is 0 Å². The van der Waals surface area contributed by atoms with Gasteiger partial charge in [0.15, 0.2) is 0 Å². The lowest BCUT2D eigenvalue weighted by molar-refractivity contribution is 0.402. The van der Waals surface area contributed by atoms with Crippen molar-refractivity contribution < 1.29 is 4.74 Å². The van der Waals surface area contributed by atoms with Crippen molar-refractivity contribution in [3.05, 3.63) is 24.4 Å². The Kier molecular flexibility index (Phi) is 4.04. The summed E-state index contributed by atoms with van der Waals surface area (Å²) in [4.78, 5) is 3.78. The Morgan fingerprint density at radius 1 is 1.70 bits per heavy atom. The molecule has 0 heterocycles. The van der Waals surface area contributed by atoms with E-state index in [0.717, 1.165) is 0 Å². The number of methoxy groups -OCH3 is 1. The van der Waals surface area contributed by atoms with Crippen LogP contribution in [0.1, 0.15) is 0 Å². The van der Waals surface area contributed by atoms with Crippen LogP contribution >= 0.6 is 0 Å². The van der Waals surface area contributed by atoms with Crippen LogP contribution in [0.2, 0.25) is 0 Å². The lowest BCUT2D eigenvalue weighted by atomic mass is 10.4. The monoisotopic (exact) mass is 140 g/mol. The summed E-state index contributed by atoms with van der Waals surface area (Å²) in [6, 6.07) is 0. The zero-order chi connectivity index (χ0) is 7.98. The highest BCUT2D eigenvalue weighted by atomic mass is 16.5. The number of rotatable bonds is 2. The van der Waals surface area contributed by atoms with Crippen molar-refractivity contribution >= 4 is 5.90 Å². The average molecular weight is 140 g/mol. The maximum absolute atomic E-state index is 5.48. The molecule has 0 aromatic rings. The summed E-state index contributed by atoms with van der Waals surface area (Å²) in [5.41, 5.74) is 5.97. The van der Waals surface area contributed by atoms with Crippen LogP contribution in [0.4, 0.5) is 0 Å². The summed E-state index contributed by atoms with van der Waals surface area (Å²) in [6.45, 7) is 3.48. The van der Waals surface area contributed by atoms with Gasteiger partial charge in [-0.25, -0.2) is 0 Å². The molecule has 3 nitrogen and oxygen atoms in total. The van der Waals surface area contributed by atoms with Crippen molar-refractivity contribution in [2.75, 3.05) is 14.2 Å². The molecule has 2 N–H and O–H groups in total. The molecular weight excluding hydrogens is 128 g/mol. The smallest absolute Gasteiger partial charge is 0.231 e. The van der Waals surface area contributed by atoms with Crippen molar-refractivity contribution in [2.45, 2.75) is 0 Å². The van der Waals surface area contributed by atoms with E-state index < -0.39 is 0 Å². The molecule has 0 unspecified atom stereocenters. The fourth-order valence-corrected chi connectivity index (χ4v) is 0.536. The molecule has 0 rings (SSSR count). The zero-order valence-corrected chi connectivity index (χ0v) is 6.29. The van der Waals surface area contributed by atoms with Crippen LogP contribution in [0.5, 0.6) is 0 Å². The van der Waals surface area contributed by atoms with E-state index in [1.54, 1.807) is 19.2 Å². The predicted octanol–water partition coefficient (Wildman–Crippen LogP) is 0.690. The van der Waals surface area contributed by atoms with Gasteiger partial charge in [0.25, 0.3) is 0 Å². The zero-order valence-electron chi connectivity index (χ0n) is 6.29. The van der Waals surface area contributed by atoms with Crippen molar-refractivity contribution in [1.82, 2.24) is 0 Å². The van der Waals surface area contributed by atoms with E-state index in [1.165, 1.54) is 7.11 Å². The quantitative estimate of drug-likeness (QED) is 0.348. The predicted molar refractivity (Wildman–Crippen MR) is 42.8 cm³/mol. The van der Waals surface area contributed by atoms with E-state index in [-0.39, 0.29) is 0 Å². The summed E-state index contributed by atoms with van der Waals surface area (Å²) in [5, 5.41) is 0. The molecule has 0 aliphatic carbocycles. The van der Waals surface area contributed by atoms with E-state index in [2.05, 4.69) is 11.6 Å². The molecule has 0 saturated heterocycles. The second-order valence-corrected chi connectivity index (χ2v) is 1.59. The first-order valence-corrected chi connectivity index (χ1v) is 2.85. The standard InChI is InChI=1S/C7H12N2O/c1-4-5-6(8)7(9-2)10-3/h4-5H,1,8H2,2-3H3/b6-5+,9-7?. The molecular formula is C7H12N2O. The molecule has 0 aliphatic heterocycles. The van der Waals surface area contributed by atoms with Gasteiger partial charge in [-0.05, 0) is 6.08 Å². The molecule has 0 saturated carbocycles. The van der Waals surface area contributed by atoms with Gasteiger partial charge < -0.3 is 10.5 Å². The summed E-state index contributed by atoms with van der Waals surface area (Å²) in [5.74, 6) is 0.430. The maximum atomic E-state index is 5.48. The molecule has 10 heavy (non-hydrogen) atoms. The fourth-order valence-electron chi connectivity index (χ4n) is 0.536. The molecule has 0 fully saturated rings. The third kappa shape index (κ3) is 2.35.